The molecule has 1 aliphatic heterocycles. The average molecular weight is 396 g/mol. The Labute approximate surface area is 171 Å². The van der Waals surface area contributed by atoms with Gasteiger partial charge in [-0.1, -0.05) is 17.7 Å². The van der Waals surface area contributed by atoms with Gasteiger partial charge in [0.05, 0.1) is 26.9 Å². The zero-order chi connectivity index (χ0) is 20.5. The Morgan fingerprint density at radius 1 is 1.17 bits per heavy atom. The van der Waals surface area contributed by atoms with Gasteiger partial charge in [0.25, 0.3) is 5.91 Å². The second-order valence-electron chi connectivity index (χ2n) is 6.86. The minimum absolute atomic E-state index is 0.195. The Balaban J connectivity index is 1.68. The summed E-state index contributed by atoms with van der Waals surface area (Å²) < 4.78 is 10.6. The number of carbonyl (C=O) groups excluding carboxylic acids is 1. The van der Waals surface area contributed by atoms with E-state index in [-0.39, 0.29) is 5.91 Å². The van der Waals surface area contributed by atoms with Crippen molar-refractivity contribution < 1.29 is 14.3 Å². The van der Waals surface area contributed by atoms with E-state index in [1.54, 1.807) is 13.2 Å². The molecule has 0 radical (unpaired) electrons. The van der Waals surface area contributed by atoms with Crippen LogP contribution in [0.3, 0.4) is 0 Å². The molecule has 154 valence electrons. The maximum absolute atomic E-state index is 12.7. The van der Waals surface area contributed by atoms with Gasteiger partial charge in [-0.3, -0.25) is 20.0 Å². The fraction of sp³-hybridized carbons (Fsp3) is 0.364. The third-order valence-corrected chi connectivity index (χ3v) is 4.65. The molecule has 1 heterocycles. The first-order valence-corrected chi connectivity index (χ1v) is 9.78. The number of guanidine groups is 1. The van der Waals surface area contributed by atoms with E-state index >= 15 is 0 Å². The van der Waals surface area contributed by atoms with Crippen LogP contribution >= 0.6 is 0 Å². The van der Waals surface area contributed by atoms with Crippen molar-refractivity contribution in [1.82, 2.24) is 10.2 Å². The number of carbonyl (C=O) groups is 1. The topological polar surface area (TPSA) is 75.2 Å². The number of anilines is 1. The highest BCUT2D eigenvalue weighted by atomic mass is 16.5. The lowest BCUT2D eigenvalue weighted by molar-refractivity contribution is 0.0394. The van der Waals surface area contributed by atoms with Crippen LogP contribution in [0.1, 0.15) is 15.9 Å². The van der Waals surface area contributed by atoms with E-state index in [9.17, 15) is 4.79 Å². The third kappa shape index (κ3) is 6.58. The molecule has 1 saturated heterocycles. The van der Waals surface area contributed by atoms with E-state index in [2.05, 4.69) is 20.5 Å². The van der Waals surface area contributed by atoms with Gasteiger partial charge in [0.1, 0.15) is 5.75 Å². The summed E-state index contributed by atoms with van der Waals surface area (Å²) in [6, 6.07) is 15.0. The summed E-state index contributed by atoms with van der Waals surface area (Å²) in [5.74, 6) is 1.000. The molecular formula is C22H28N4O3. The van der Waals surface area contributed by atoms with Crippen molar-refractivity contribution in [2.75, 3.05) is 51.8 Å². The summed E-state index contributed by atoms with van der Waals surface area (Å²) in [6.45, 7) is 6.68. The normalized spacial score (nSPS) is 15.0. The number of amides is 1. The largest absolute Gasteiger partial charge is 0.497 e. The van der Waals surface area contributed by atoms with Gasteiger partial charge in [0.2, 0.25) is 5.96 Å². The fourth-order valence-corrected chi connectivity index (χ4v) is 3.02. The summed E-state index contributed by atoms with van der Waals surface area (Å²) in [7, 11) is 1.63. The Morgan fingerprint density at radius 3 is 2.62 bits per heavy atom. The lowest BCUT2D eigenvalue weighted by Gasteiger charge is -2.25. The van der Waals surface area contributed by atoms with Crippen LogP contribution in [-0.2, 0) is 4.74 Å². The molecule has 0 spiro atoms. The molecule has 1 fully saturated rings. The number of aryl methyl sites for hydroxylation is 1. The van der Waals surface area contributed by atoms with E-state index in [1.807, 2.05) is 49.4 Å². The molecule has 7 heteroatoms. The second kappa shape index (κ2) is 10.6. The molecule has 29 heavy (non-hydrogen) atoms. The quantitative estimate of drug-likeness (QED) is 0.580. The minimum atomic E-state index is -0.195. The van der Waals surface area contributed by atoms with Gasteiger partial charge in [0.15, 0.2) is 0 Å². The van der Waals surface area contributed by atoms with Crippen molar-refractivity contribution in [2.45, 2.75) is 6.92 Å². The Kier molecular flexibility index (Phi) is 7.61. The minimum Gasteiger partial charge on any atom is -0.497 e. The molecule has 2 aromatic rings. The molecule has 2 aromatic carbocycles. The van der Waals surface area contributed by atoms with Crippen LogP contribution in [0, 0.1) is 6.92 Å². The molecular weight excluding hydrogens is 368 g/mol. The van der Waals surface area contributed by atoms with Crippen LogP contribution in [-0.4, -0.2) is 63.3 Å². The number of morpholine rings is 1. The number of methoxy groups -OCH3 is 1. The average Bonchev–Trinajstić information content (AvgIpc) is 2.75. The van der Waals surface area contributed by atoms with E-state index < -0.39 is 0 Å². The zero-order valence-electron chi connectivity index (χ0n) is 17.0. The predicted molar refractivity (Wildman–Crippen MR) is 115 cm³/mol. The van der Waals surface area contributed by atoms with Crippen LogP contribution in [0.2, 0.25) is 0 Å². The highest BCUT2D eigenvalue weighted by Gasteiger charge is 2.12. The molecule has 0 unspecified atom stereocenters. The maximum Gasteiger partial charge on any atom is 0.257 e. The molecule has 2 N–H and O–H groups in total. The SMILES string of the molecule is COc1ccc(NC(=NCCN2CCOCC2)NC(=O)c2cccc(C)c2)cc1. The first-order valence-electron chi connectivity index (χ1n) is 9.78. The van der Waals surface area contributed by atoms with E-state index in [0.29, 0.717) is 18.1 Å². The van der Waals surface area contributed by atoms with Crippen molar-refractivity contribution in [1.29, 1.82) is 0 Å². The van der Waals surface area contributed by atoms with Crippen molar-refractivity contribution in [3.05, 3.63) is 59.7 Å². The van der Waals surface area contributed by atoms with E-state index in [0.717, 1.165) is 49.8 Å². The van der Waals surface area contributed by atoms with Crippen LogP contribution in [0.5, 0.6) is 5.75 Å². The lowest BCUT2D eigenvalue weighted by atomic mass is 10.1. The standard InChI is InChI=1S/C22H28N4O3/c1-17-4-3-5-18(16-17)21(27)25-22(23-10-11-26-12-14-29-15-13-26)24-19-6-8-20(28-2)9-7-19/h3-9,16H,10-15H2,1-2H3,(H2,23,24,25,27). The molecule has 0 aromatic heterocycles. The van der Waals surface area contributed by atoms with Gasteiger partial charge in [-0.25, -0.2) is 0 Å². The van der Waals surface area contributed by atoms with Crippen molar-refractivity contribution in [2.24, 2.45) is 4.99 Å². The highest BCUT2D eigenvalue weighted by molar-refractivity contribution is 6.10. The number of hydrogen-bond acceptors (Lipinski definition) is 5. The summed E-state index contributed by atoms with van der Waals surface area (Å²) in [5, 5.41) is 6.10. The number of nitrogens with zero attached hydrogens (tertiary/aromatic N) is 2. The zero-order valence-corrected chi connectivity index (χ0v) is 17.0. The predicted octanol–water partition coefficient (Wildman–Crippen LogP) is 2.53. The third-order valence-electron chi connectivity index (χ3n) is 4.65. The molecule has 0 atom stereocenters. The molecule has 0 saturated carbocycles. The Morgan fingerprint density at radius 2 is 1.93 bits per heavy atom. The second-order valence-corrected chi connectivity index (χ2v) is 6.86. The fourth-order valence-electron chi connectivity index (χ4n) is 3.02. The van der Waals surface area contributed by atoms with Gasteiger partial charge in [-0.2, -0.15) is 0 Å². The first-order chi connectivity index (χ1) is 14.1. The van der Waals surface area contributed by atoms with E-state index in [1.165, 1.54) is 0 Å². The van der Waals surface area contributed by atoms with Crippen LogP contribution in [0.15, 0.2) is 53.5 Å². The summed E-state index contributed by atoms with van der Waals surface area (Å²) in [4.78, 5) is 19.6. The van der Waals surface area contributed by atoms with Crippen LogP contribution < -0.4 is 15.4 Å². The highest BCUT2D eigenvalue weighted by Crippen LogP contribution is 2.15. The van der Waals surface area contributed by atoms with E-state index in [4.69, 9.17) is 9.47 Å². The first kappa shape index (κ1) is 20.8. The van der Waals surface area contributed by atoms with Gasteiger partial charge in [0, 0.05) is 30.9 Å². The van der Waals surface area contributed by atoms with Gasteiger partial charge >= 0.3 is 0 Å². The van der Waals surface area contributed by atoms with Crippen LogP contribution in [0.4, 0.5) is 5.69 Å². The van der Waals surface area contributed by atoms with Gasteiger partial charge in [-0.15, -0.1) is 0 Å². The molecule has 0 bridgehead atoms. The molecule has 1 amide bonds. The van der Waals surface area contributed by atoms with Crippen LogP contribution in [0.25, 0.3) is 0 Å². The molecule has 1 aliphatic rings. The number of benzene rings is 2. The Bertz CT molecular complexity index is 830. The number of hydrogen-bond donors (Lipinski definition) is 2. The number of ether oxygens (including phenoxy) is 2. The monoisotopic (exact) mass is 396 g/mol. The molecule has 3 rings (SSSR count). The summed E-state index contributed by atoms with van der Waals surface area (Å²) in [6.07, 6.45) is 0. The number of nitrogens with one attached hydrogen (secondary N) is 2. The number of rotatable bonds is 6. The smallest absolute Gasteiger partial charge is 0.257 e. The lowest BCUT2D eigenvalue weighted by Crippen LogP contribution is -2.39. The summed E-state index contributed by atoms with van der Waals surface area (Å²) in [5.41, 5.74) is 2.45. The van der Waals surface area contributed by atoms with Crippen molar-refractivity contribution in [3.8, 4) is 5.75 Å². The van der Waals surface area contributed by atoms with Gasteiger partial charge < -0.3 is 14.8 Å². The number of aliphatic imine (C=N–C) groups is 1. The molecule has 0 aliphatic carbocycles. The van der Waals surface area contributed by atoms with Gasteiger partial charge in [-0.05, 0) is 43.3 Å². The van der Waals surface area contributed by atoms with Crippen molar-refractivity contribution in [3.63, 3.8) is 0 Å². The Hall–Kier alpha value is -2.90. The van der Waals surface area contributed by atoms with Crippen molar-refractivity contribution >= 4 is 17.6 Å². The summed E-state index contributed by atoms with van der Waals surface area (Å²) >= 11 is 0. The molecule has 7 nitrogen and oxygen atoms in total. The maximum atomic E-state index is 12.7.